The second kappa shape index (κ2) is 9.10. The highest BCUT2D eigenvalue weighted by Gasteiger charge is 2.12. The number of ether oxygens (including phenoxy) is 2. The molecule has 0 radical (unpaired) electrons. The predicted molar refractivity (Wildman–Crippen MR) is 83.9 cm³/mol. The molecule has 1 aromatic rings. The summed E-state index contributed by atoms with van der Waals surface area (Å²) in [5, 5.41) is 12.5. The summed E-state index contributed by atoms with van der Waals surface area (Å²) in [6, 6.07) is 4.36. The molecule has 0 aliphatic rings. The average Bonchev–Trinajstić information content (AvgIpc) is 2.50. The van der Waals surface area contributed by atoms with Crippen LogP contribution in [0.25, 0.3) is 0 Å². The highest BCUT2D eigenvalue weighted by Crippen LogP contribution is 2.34. The summed E-state index contributed by atoms with van der Waals surface area (Å²) in [5.41, 5.74) is 1.19. The Morgan fingerprint density at radius 2 is 1.90 bits per heavy atom. The van der Waals surface area contributed by atoms with E-state index in [0.717, 1.165) is 30.9 Å². The van der Waals surface area contributed by atoms with Gasteiger partial charge in [0, 0.05) is 24.1 Å². The van der Waals surface area contributed by atoms with Gasteiger partial charge in [-0.3, -0.25) is 0 Å². The van der Waals surface area contributed by atoms with Crippen molar-refractivity contribution in [1.29, 1.82) is 0 Å². The van der Waals surface area contributed by atoms with Crippen molar-refractivity contribution in [2.24, 2.45) is 0 Å². The summed E-state index contributed by atoms with van der Waals surface area (Å²) in [5.74, 6) is 1.50. The minimum Gasteiger partial charge on any atom is -0.493 e. The van der Waals surface area contributed by atoms with Gasteiger partial charge in [0.25, 0.3) is 0 Å². The molecule has 0 aromatic heterocycles. The molecule has 0 fully saturated rings. The normalized spacial score (nSPS) is 12.2. The van der Waals surface area contributed by atoms with Crippen LogP contribution in [-0.4, -0.2) is 38.2 Å². The molecule has 0 bridgehead atoms. The Hall–Kier alpha value is -0.910. The first-order chi connectivity index (χ1) is 9.69. The zero-order valence-electron chi connectivity index (χ0n) is 12.7. The quantitative estimate of drug-likeness (QED) is 0.687. The molecule has 0 aliphatic heterocycles. The molecule has 1 rings (SSSR count). The van der Waals surface area contributed by atoms with Crippen LogP contribution in [0, 0.1) is 0 Å². The average molecular weight is 299 g/mol. The standard InChI is InChI=1S/C15H25NO3S/c1-5-12(6-7-17)16-10-11-8-13(18-2)14(19-3)9-15(11)20-4/h8-9,12,16-17H,5-7,10H2,1-4H3. The van der Waals surface area contributed by atoms with Gasteiger partial charge in [0.15, 0.2) is 11.5 Å². The molecule has 0 heterocycles. The molecule has 4 nitrogen and oxygen atoms in total. The van der Waals surface area contributed by atoms with Gasteiger partial charge < -0.3 is 19.9 Å². The number of benzene rings is 1. The van der Waals surface area contributed by atoms with E-state index in [9.17, 15) is 0 Å². The number of methoxy groups -OCH3 is 2. The molecule has 1 aromatic carbocycles. The van der Waals surface area contributed by atoms with Crippen LogP contribution in [0.1, 0.15) is 25.3 Å². The lowest BCUT2D eigenvalue weighted by Crippen LogP contribution is -2.29. The Labute approximate surface area is 125 Å². The van der Waals surface area contributed by atoms with E-state index in [0.29, 0.717) is 6.04 Å². The third-order valence-electron chi connectivity index (χ3n) is 3.34. The van der Waals surface area contributed by atoms with Gasteiger partial charge in [-0.05, 0) is 36.8 Å². The lowest BCUT2D eigenvalue weighted by molar-refractivity contribution is 0.262. The van der Waals surface area contributed by atoms with Gasteiger partial charge in [-0.2, -0.15) is 0 Å². The minimum absolute atomic E-state index is 0.215. The van der Waals surface area contributed by atoms with Gasteiger partial charge in [0.05, 0.1) is 14.2 Å². The maximum Gasteiger partial charge on any atom is 0.161 e. The third kappa shape index (κ3) is 4.58. The molecule has 2 N–H and O–H groups in total. The van der Waals surface area contributed by atoms with Gasteiger partial charge in [0.2, 0.25) is 0 Å². The van der Waals surface area contributed by atoms with Gasteiger partial charge in [-0.1, -0.05) is 6.92 Å². The fourth-order valence-electron chi connectivity index (χ4n) is 2.09. The molecule has 0 saturated carbocycles. The Morgan fingerprint density at radius 3 is 2.40 bits per heavy atom. The highest BCUT2D eigenvalue weighted by molar-refractivity contribution is 7.98. The van der Waals surface area contributed by atoms with E-state index in [2.05, 4.69) is 18.5 Å². The van der Waals surface area contributed by atoms with Crippen LogP contribution in [0.5, 0.6) is 11.5 Å². The van der Waals surface area contributed by atoms with E-state index in [1.165, 1.54) is 10.5 Å². The van der Waals surface area contributed by atoms with Gasteiger partial charge in [-0.15, -0.1) is 11.8 Å². The van der Waals surface area contributed by atoms with Crippen LogP contribution >= 0.6 is 11.8 Å². The van der Waals surface area contributed by atoms with Gasteiger partial charge >= 0.3 is 0 Å². The Kier molecular flexibility index (Phi) is 7.80. The zero-order valence-corrected chi connectivity index (χ0v) is 13.5. The first-order valence-corrected chi connectivity index (χ1v) is 8.05. The SMILES string of the molecule is CCC(CCO)NCc1cc(OC)c(OC)cc1SC. The van der Waals surface area contributed by atoms with Crippen molar-refractivity contribution in [3.63, 3.8) is 0 Å². The third-order valence-corrected chi connectivity index (χ3v) is 4.16. The second-order valence-corrected chi connectivity index (χ2v) is 5.37. The van der Waals surface area contributed by atoms with Crippen molar-refractivity contribution in [1.82, 2.24) is 5.32 Å². The molecule has 0 aliphatic carbocycles. The van der Waals surface area contributed by atoms with Crippen molar-refractivity contribution in [3.05, 3.63) is 17.7 Å². The monoisotopic (exact) mass is 299 g/mol. The fourth-order valence-corrected chi connectivity index (χ4v) is 2.71. The molecular formula is C15H25NO3S. The van der Waals surface area contributed by atoms with E-state index in [-0.39, 0.29) is 6.61 Å². The summed E-state index contributed by atoms with van der Waals surface area (Å²) in [6.07, 6.45) is 3.83. The summed E-state index contributed by atoms with van der Waals surface area (Å²) in [4.78, 5) is 1.18. The summed E-state index contributed by atoms with van der Waals surface area (Å²) >= 11 is 1.69. The molecule has 1 atom stereocenters. The van der Waals surface area contributed by atoms with Crippen molar-refractivity contribution < 1.29 is 14.6 Å². The number of hydrogen-bond donors (Lipinski definition) is 2. The van der Waals surface area contributed by atoms with Crippen molar-refractivity contribution >= 4 is 11.8 Å². The molecule has 1 unspecified atom stereocenters. The molecule has 0 amide bonds. The van der Waals surface area contributed by atoms with E-state index >= 15 is 0 Å². The van der Waals surface area contributed by atoms with E-state index < -0.39 is 0 Å². The number of rotatable bonds is 9. The maximum atomic E-state index is 9.04. The Morgan fingerprint density at radius 1 is 1.25 bits per heavy atom. The molecular weight excluding hydrogens is 274 g/mol. The lowest BCUT2D eigenvalue weighted by Gasteiger charge is -2.18. The van der Waals surface area contributed by atoms with Crippen LogP contribution in [0.4, 0.5) is 0 Å². The maximum absolute atomic E-state index is 9.04. The van der Waals surface area contributed by atoms with Crippen LogP contribution in [0.2, 0.25) is 0 Å². The topological polar surface area (TPSA) is 50.7 Å². The van der Waals surface area contributed by atoms with Crippen LogP contribution in [-0.2, 0) is 6.54 Å². The summed E-state index contributed by atoms with van der Waals surface area (Å²) < 4.78 is 10.7. The predicted octanol–water partition coefficient (Wildman–Crippen LogP) is 2.68. The summed E-state index contributed by atoms with van der Waals surface area (Å²) in [7, 11) is 3.29. The van der Waals surface area contributed by atoms with Crippen molar-refractivity contribution in [2.75, 3.05) is 27.1 Å². The first-order valence-electron chi connectivity index (χ1n) is 6.83. The minimum atomic E-state index is 0.215. The van der Waals surface area contributed by atoms with E-state index in [1.807, 2.05) is 12.1 Å². The molecule has 20 heavy (non-hydrogen) atoms. The van der Waals surface area contributed by atoms with Crippen molar-refractivity contribution in [2.45, 2.75) is 37.2 Å². The highest BCUT2D eigenvalue weighted by atomic mass is 32.2. The summed E-state index contributed by atoms with van der Waals surface area (Å²) in [6.45, 7) is 3.10. The van der Waals surface area contributed by atoms with Crippen LogP contribution < -0.4 is 14.8 Å². The Balaban J connectivity index is 2.87. The zero-order chi connectivity index (χ0) is 15.0. The lowest BCUT2D eigenvalue weighted by atomic mass is 10.1. The number of hydrogen-bond acceptors (Lipinski definition) is 5. The number of nitrogens with one attached hydrogen (secondary N) is 1. The van der Waals surface area contributed by atoms with Crippen LogP contribution in [0.3, 0.4) is 0 Å². The number of aliphatic hydroxyl groups is 1. The van der Waals surface area contributed by atoms with Crippen LogP contribution in [0.15, 0.2) is 17.0 Å². The first kappa shape index (κ1) is 17.1. The largest absolute Gasteiger partial charge is 0.493 e. The fraction of sp³-hybridized carbons (Fsp3) is 0.600. The van der Waals surface area contributed by atoms with Gasteiger partial charge in [-0.25, -0.2) is 0 Å². The molecule has 5 heteroatoms. The Bertz CT molecular complexity index is 412. The molecule has 0 saturated heterocycles. The smallest absolute Gasteiger partial charge is 0.161 e. The molecule has 114 valence electrons. The number of aliphatic hydroxyl groups excluding tert-OH is 1. The van der Waals surface area contributed by atoms with E-state index in [4.69, 9.17) is 14.6 Å². The second-order valence-electron chi connectivity index (χ2n) is 4.52. The van der Waals surface area contributed by atoms with Gasteiger partial charge in [0.1, 0.15) is 0 Å². The van der Waals surface area contributed by atoms with E-state index in [1.54, 1.807) is 26.0 Å². The molecule has 0 spiro atoms. The van der Waals surface area contributed by atoms with Crippen molar-refractivity contribution in [3.8, 4) is 11.5 Å². The number of thioether (sulfide) groups is 1.